The zero-order chi connectivity index (χ0) is 18.4. The lowest BCUT2D eigenvalue weighted by Crippen LogP contribution is -2.36. The summed E-state index contributed by atoms with van der Waals surface area (Å²) >= 11 is 1.87. The summed E-state index contributed by atoms with van der Waals surface area (Å²) in [4.78, 5) is 13.3. The largest absolute Gasteiger partial charge is 0.337 e. The molecule has 3 heterocycles. The van der Waals surface area contributed by atoms with Crippen molar-refractivity contribution in [3.63, 3.8) is 0 Å². The van der Waals surface area contributed by atoms with Crippen molar-refractivity contribution < 1.29 is 0 Å². The Morgan fingerprint density at radius 1 is 1.27 bits per heavy atom. The number of rotatable bonds is 5. The average Bonchev–Trinajstić information content (AvgIpc) is 2.94. The van der Waals surface area contributed by atoms with Gasteiger partial charge >= 0.3 is 0 Å². The summed E-state index contributed by atoms with van der Waals surface area (Å²) in [5.41, 5.74) is 0.705. The van der Waals surface area contributed by atoms with Crippen LogP contribution in [0, 0.1) is 5.41 Å². The number of thiazole rings is 1. The first-order chi connectivity index (χ1) is 12.4. The Morgan fingerprint density at radius 3 is 2.65 bits per heavy atom. The maximum Gasteiger partial charge on any atom is 0.122 e. The van der Waals surface area contributed by atoms with E-state index in [1.165, 1.54) is 29.1 Å². The van der Waals surface area contributed by atoms with E-state index in [0.717, 1.165) is 32.0 Å². The Kier molecular flexibility index (Phi) is 4.70. The van der Waals surface area contributed by atoms with Crippen molar-refractivity contribution >= 4 is 11.3 Å². The Labute approximate surface area is 160 Å². The zero-order valence-electron chi connectivity index (χ0n) is 16.5. The number of aromatic nitrogens is 3. The normalized spacial score (nSPS) is 22.3. The van der Waals surface area contributed by atoms with Crippen molar-refractivity contribution in [2.45, 2.75) is 64.6 Å². The van der Waals surface area contributed by atoms with Gasteiger partial charge in [-0.2, -0.15) is 0 Å². The molecule has 2 aromatic rings. The molecule has 4 rings (SSSR count). The third kappa shape index (κ3) is 3.59. The Morgan fingerprint density at radius 2 is 2.04 bits per heavy atom. The van der Waals surface area contributed by atoms with Gasteiger partial charge in [-0.25, -0.2) is 9.97 Å². The lowest BCUT2D eigenvalue weighted by Gasteiger charge is -2.29. The molecule has 2 aromatic heterocycles. The number of imidazole rings is 1. The molecule has 0 amide bonds. The first-order valence-electron chi connectivity index (χ1n) is 9.74. The van der Waals surface area contributed by atoms with Crippen LogP contribution in [0.2, 0.25) is 0 Å². The van der Waals surface area contributed by atoms with Gasteiger partial charge in [0.2, 0.25) is 0 Å². The highest BCUT2D eigenvalue weighted by Crippen LogP contribution is 2.56. The second-order valence-corrected chi connectivity index (χ2v) is 10.2. The molecule has 1 saturated heterocycles. The fraction of sp³-hybridized carbons (Fsp3) is 0.700. The Bertz CT molecular complexity index is 750. The van der Waals surface area contributed by atoms with Crippen LogP contribution in [0.1, 0.15) is 55.7 Å². The maximum atomic E-state index is 4.76. The number of aryl methyl sites for hydroxylation is 1. The minimum Gasteiger partial charge on any atom is -0.337 e. The van der Waals surface area contributed by atoms with Gasteiger partial charge < -0.3 is 9.88 Å². The van der Waals surface area contributed by atoms with Crippen LogP contribution in [0.5, 0.6) is 0 Å². The molecule has 6 heteroatoms. The standard InChI is InChI=1S/C20H31N5S/c1-19(2,3)16-12-23-18(26-16)14-25(13-17-22-9-10-24(17)4)15-11-20(15)5-7-21-8-6-20/h9-10,12,15,21H,5-8,11,13-14H2,1-4H3. The predicted octanol–water partition coefficient (Wildman–Crippen LogP) is 3.32. The van der Waals surface area contributed by atoms with Gasteiger partial charge in [0, 0.05) is 36.6 Å². The third-order valence-corrected chi connectivity index (χ3v) is 7.49. The molecule has 1 aliphatic heterocycles. The van der Waals surface area contributed by atoms with Crippen LogP contribution in [0.25, 0.3) is 0 Å². The second-order valence-electron chi connectivity index (χ2n) is 9.06. The highest BCUT2D eigenvalue weighted by atomic mass is 32.1. The first kappa shape index (κ1) is 18.1. The zero-order valence-corrected chi connectivity index (χ0v) is 17.3. The molecule has 1 N–H and O–H groups in total. The van der Waals surface area contributed by atoms with Gasteiger partial charge in [-0.3, -0.25) is 4.90 Å². The summed E-state index contributed by atoms with van der Waals surface area (Å²) in [7, 11) is 2.09. The maximum absolute atomic E-state index is 4.76. The van der Waals surface area contributed by atoms with E-state index in [9.17, 15) is 0 Å². The van der Waals surface area contributed by atoms with Gasteiger partial charge in [-0.1, -0.05) is 20.8 Å². The summed E-state index contributed by atoms with van der Waals surface area (Å²) < 4.78 is 2.15. The van der Waals surface area contributed by atoms with E-state index < -0.39 is 0 Å². The molecular weight excluding hydrogens is 342 g/mol. The highest BCUT2D eigenvalue weighted by Gasteiger charge is 2.56. The summed E-state index contributed by atoms with van der Waals surface area (Å²) in [5, 5.41) is 4.76. The van der Waals surface area contributed by atoms with Crippen molar-refractivity contribution in [2.75, 3.05) is 13.1 Å². The molecule has 2 aliphatic rings. The number of hydrogen-bond acceptors (Lipinski definition) is 5. The second kappa shape index (κ2) is 6.73. The Hall–Kier alpha value is -1.24. The van der Waals surface area contributed by atoms with Crippen molar-refractivity contribution in [1.82, 2.24) is 24.8 Å². The van der Waals surface area contributed by atoms with Crippen LogP contribution in [0.4, 0.5) is 0 Å². The molecule has 0 bridgehead atoms. The van der Waals surface area contributed by atoms with Gasteiger partial charge in [0.1, 0.15) is 10.8 Å². The number of nitrogens with zero attached hydrogens (tertiary/aromatic N) is 4. The van der Waals surface area contributed by atoms with Crippen LogP contribution in [0.3, 0.4) is 0 Å². The number of piperidine rings is 1. The van der Waals surface area contributed by atoms with Crippen LogP contribution in [-0.2, 0) is 25.6 Å². The van der Waals surface area contributed by atoms with Crippen LogP contribution in [0.15, 0.2) is 18.6 Å². The van der Waals surface area contributed by atoms with E-state index in [4.69, 9.17) is 4.98 Å². The van der Waals surface area contributed by atoms with Crippen molar-refractivity contribution in [2.24, 2.45) is 12.5 Å². The topological polar surface area (TPSA) is 46.0 Å². The van der Waals surface area contributed by atoms with E-state index >= 15 is 0 Å². The first-order valence-corrected chi connectivity index (χ1v) is 10.6. The monoisotopic (exact) mass is 373 g/mol. The minimum absolute atomic E-state index is 0.177. The average molecular weight is 374 g/mol. The fourth-order valence-corrected chi connectivity index (χ4v) is 5.22. The molecule has 1 spiro atoms. The minimum atomic E-state index is 0.177. The van der Waals surface area contributed by atoms with Crippen molar-refractivity contribution in [3.05, 3.63) is 34.3 Å². The SMILES string of the molecule is Cn1ccnc1CN(Cc1ncc(C(C)(C)C)s1)C1CC12CCNCC2. The van der Waals surface area contributed by atoms with Crippen molar-refractivity contribution in [3.8, 4) is 0 Å². The van der Waals surface area contributed by atoms with E-state index in [1.807, 2.05) is 23.7 Å². The molecular formula is C20H31N5S. The highest BCUT2D eigenvalue weighted by molar-refractivity contribution is 7.11. The molecule has 1 unspecified atom stereocenters. The molecule has 5 nitrogen and oxygen atoms in total. The van der Waals surface area contributed by atoms with Gasteiger partial charge in [0.25, 0.3) is 0 Å². The Balaban J connectivity index is 1.53. The summed E-state index contributed by atoms with van der Waals surface area (Å²) in [6.07, 6.45) is 9.96. The molecule has 1 saturated carbocycles. The van der Waals surface area contributed by atoms with E-state index in [1.54, 1.807) is 0 Å². The quantitative estimate of drug-likeness (QED) is 0.873. The predicted molar refractivity (Wildman–Crippen MR) is 106 cm³/mol. The third-order valence-electron chi connectivity index (χ3n) is 6.08. The molecule has 1 atom stereocenters. The van der Waals surface area contributed by atoms with Crippen LogP contribution in [-0.4, -0.2) is 38.6 Å². The van der Waals surface area contributed by atoms with Crippen LogP contribution < -0.4 is 5.32 Å². The molecule has 2 fully saturated rings. The van der Waals surface area contributed by atoms with Gasteiger partial charge in [0.05, 0.1) is 13.1 Å². The summed E-state index contributed by atoms with van der Waals surface area (Å²) in [6.45, 7) is 11.0. The van der Waals surface area contributed by atoms with E-state index in [-0.39, 0.29) is 5.41 Å². The molecule has 0 radical (unpaired) electrons. The van der Waals surface area contributed by atoms with Gasteiger partial charge in [-0.05, 0) is 43.2 Å². The van der Waals surface area contributed by atoms with E-state index in [2.05, 4.69) is 53.8 Å². The van der Waals surface area contributed by atoms with Crippen molar-refractivity contribution in [1.29, 1.82) is 0 Å². The number of hydrogen-bond donors (Lipinski definition) is 1. The van der Waals surface area contributed by atoms with Gasteiger partial charge in [0.15, 0.2) is 0 Å². The lowest BCUT2D eigenvalue weighted by molar-refractivity contribution is 0.182. The summed E-state index contributed by atoms with van der Waals surface area (Å²) in [5.74, 6) is 1.15. The molecule has 0 aromatic carbocycles. The smallest absolute Gasteiger partial charge is 0.122 e. The number of nitrogens with one attached hydrogen (secondary N) is 1. The lowest BCUT2D eigenvalue weighted by atomic mass is 9.93. The van der Waals surface area contributed by atoms with Gasteiger partial charge in [-0.15, -0.1) is 11.3 Å². The van der Waals surface area contributed by atoms with Crippen LogP contribution >= 0.6 is 11.3 Å². The summed E-state index contributed by atoms with van der Waals surface area (Å²) in [6, 6.07) is 0.670. The molecule has 26 heavy (non-hydrogen) atoms. The molecule has 1 aliphatic carbocycles. The fourth-order valence-electron chi connectivity index (χ4n) is 4.22. The molecule has 142 valence electrons. The van der Waals surface area contributed by atoms with E-state index in [0.29, 0.717) is 11.5 Å².